The van der Waals surface area contributed by atoms with Crippen molar-refractivity contribution in [2.45, 2.75) is 32.6 Å². The molecule has 0 spiro atoms. The van der Waals surface area contributed by atoms with E-state index in [4.69, 9.17) is 0 Å². The van der Waals surface area contributed by atoms with E-state index in [2.05, 4.69) is 0 Å². The molecule has 1 amide bonds. The summed E-state index contributed by atoms with van der Waals surface area (Å²) in [6.07, 6.45) is 4.13. The van der Waals surface area contributed by atoms with Crippen molar-refractivity contribution >= 4 is 18.3 Å². The van der Waals surface area contributed by atoms with Gasteiger partial charge in [-0.15, -0.1) is 12.4 Å². The standard InChI is InChI=1S/C8H15NO.ClH/c1-2-5-8(10)9-6-3-4-7-9;/h2-7H2,1H3;1H. The number of likely N-dealkylation sites (tertiary alicyclic amines) is 1. The predicted molar refractivity (Wildman–Crippen MR) is 48.0 cm³/mol. The normalized spacial score (nSPS) is 16.3. The van der Waals surface area contributed by atoms with Gasteiger partial charge < -0.3 is 4.90 Å². The highest BCUT2D eigenvalue weighted by Gasteiger charge is 2.15. The fraction of sp³-hybridized carbons (Fsp3) is 0.875. The Morgan fingerprint density at radius 1 is 1.36 bits per heavy atom. The van der Waals surface area contributed by atoms with Gasteiger partial charge >= 0.3 is 0 Å². The SMILES string of the molecule is CCCC(=O)N1CCCC1.Cl. The Bertz CT molecular complexity index is 121. The van der Waals surface area contributed by atoms with E-state index in [1.165, 1.54) is 12.8 Å². The number of nitrogens with zero attached hydrogens (tertiary/aromatic N) is 1. The van der Waals surface area contributed by atoms with Crippen molar-refractivity contribution in [3.63, 3.8) is 0 Å². The highest BCUT2D eigenvalue weighted by molar-refractivity contribution is 5.85. The van der Waals surface area contributed by atoms with E-state index in [-0.39, 0.29) is 12.4 Å². The Morgan fingerprint density at radius 2 is 1.91 bits per heavy atom. The van der Waals surface area contributed by atoms with Crippen molar-refractivity contribution in [1.29, 1.82) is 0 Å². The molecule has 0 unspecified atom stereocenters. The fourth-order valence-electron chi connectivity index (χ4n) is 1.34. The zero-order chi connectivity index (χ0) is 7.40. The van der Waals surface area contributed by atoms with Gasteiger partial charge in [-0.3, -0.25) is 4.79 Å². The van der Waals surface area contributed by atoms with Crippen molar-refractivity contribution in [3.8, 4) is 0 Å². The quantitative estimate of drug-likeness (QED) is 0.631. The molecule has 11 heavy (non-hydrogen) atoms. The first-order valence-corrected chi connectivity index (χ1v) is 4.12. The maximum Gasteiger partial charge on any atom is 0.222 e. The van der Waals surface area contributed by atoms with E-state index < -0.39 is 0 Å². The van der Waals surface area contributed by atoms with Gasteiger partial charge in [-0.05, 0) is 19.3 Å². The van der Waals surface area contributed by atoms with Gasteiger partial charge in [0.15, 0.2) is 0 Å². The zero-order valence-corrected chi connectivity index (χ0v) is 7.82. The molecule has 1 fully saturated rings. The average Bonchev–Trinajstić information content (AvgIpc) is 2.38. The number of carbonyl (C=O) groups excluding carboxylic acids is 1. The smallest absolute Gasteiger partial charge is 0.222 e. The molecular formula is C8H16ClNO. The third kappa shape index (κ3) is 3.10. The van der Waals surface area contributed by atoms with Crippen molar-refractivity contribution < 1.29 is 4.79 Å². The Balaban J connectivity index is 0.000001000. The molecule has 1 aliphatic heterocycles. The second-order valence-corrected chi connectivity index (χ2v) is 2.84. The van der Waals surface area contributed by atoms with Crippen LogP contribution in [0.25, 0.3) is 0 Å². The summed E-state index contributed by atoms with van der Waals surface area (Å²) in [5.41, 5.74) is 0. The Morgan fingerprint density at radius 3 is 2.36 bits per heavy atom. The van der Waals surface area contributed by atoms with Crippen LogP contribution in [0.1, 0.15) is 32.6 Å². The molecule has 0 aliphatic carbocycles. The van der Waals surface area contributed by atoms with Crippen molar-refractivity contribution in [2.24, 2.45) is 0 Å². The van der Waals surface area contributed by atoms with E-state index in [0.29, 0.717) is 5.91 Å². The molecule has 1 heterocycles. The van der Waals surface area contributed by atoms with Gasteiger partial charge in [0.1, 0.15) is 0 Å². The molecule has 0 radical (unpaired) electrons. The molecule has 0 aromatic heterocycles. The molecule has 1 saturated heterocycles. The van der Waals surface area contributed by atoms with Gasteiger partial charge in [0.05, 0.1) is 0 Å². The van der Waals surface area contributed by atoms with Crippen LogP contribution in [0.3, 0.4) is 0 Å². The summed E-state index contributed by atoms with van der Waals surface area (Å²) in [6.45, 7) is 4.05. The highest BCUT2D eigenvalue weighted by Crippen LogP contribution is 2.09. The molecular weight excluding hydrogens is 162 g/mol. The average molecular weight is 178 g/mol. The van der Waals surface area contributed by atoms with E-state index in [9.17, 15) is 4.79 Å². The summed E-state index contributed by atoms with van der Waals surface area (Å²) in [5.74, 6) is 0.347. The lowest BCUT2D eigenvalue weighted by Crippen LogP contribution is -2.26. The topological polar surface area (TPSA) is 20.3 Å². The van der Waals surface area contributed by atoms with Gasteiger partial charge in [-0.1, -0.05) is 6.92 Å². The van der Waals surface area contributed by atoms with Gasteiger partial charge in [0.25, 0.3) is 0 Å². The summed E-state index contributed by atoms with van der Waals surface area (Å²) in [4.78, 5) is 13.1. The largest absolute Gasteiger partial charge is 0.343 e. The number of halogens is 1. The minimum Gasteiger partial charge on any atom is -0.343 e. The second kappa shape index (κ2) is 5.42. The van der Waals surface area contributed by atoms with E-state index >= 15 is 0 Å². The number of carbonyl (C=O) groups is 1. The number of hydrogen-bond donors (Lipinski definition) is 0. The van der Waals surface area contributed by atoms with Crippen LogP contribution in [0.15, 0.2) is 0 Å². The van der Waals surface area contributed by atoms with Crippen LogP contribution in [0.2, 0.25) is 0 Å². The summed E-state index contributed by atoms with van der Waals surface area (Å²) in [6, 6.07) is 0. The first-order valence-electron chi connectivity index (χ1n) is 4.12. The number of amides is 1. The summed E-state index contributed by atoms with van der Waals surface area (Å²) < 4.78 is 0. The molecule has 0 saturated carbocycles. The molecule has 2 nitrogen and oxygen atoms in total. The molecule has 0 atom stereocenters. The van der Waals surface area contributed by atoms with E-state index in [0.717, 1.165) is 25.9 Å². The van der Waals surface area contributed by atoms with Crippen LogP contribution < -0.4 is 0 Å². The molecule has 66 valence electrons. The first kappa shape index (κ1) is 10.8. The molecule has 1 rings (SSSR count). The van der Waals surface area contributed by atoms with Crippen LogP contribution in [0.4, 0.5) is 0 Å². The van der Waals surface area contributed by atoms with Gasteiger partial charge in [0, 0.05) is 19.5 Å². The Labute approximate surface area is 74.4 Å². The second-order valence-electron chi connectivity index (χ2n) is 2.84. The number of hydrogen-bond acceptors (Lipinski definition) is 1. The van der Waals surface area contributed by atoms with E-state index in [1.54, 1.807) is 0 Å². The minimum atomic E-state index is 0. The summed E-state index contributed by atoms with van der Waals surface area (Å²) in [5, 5.41) is 0. The first-order chi connectivity index (χ1) is 4.84. The molecule has 0 bridgehead atoms. The molecule has 1 aliphatic rings. The third-order valence-electron chi connectivity index (χ3n) is 1.92. The van der Waals surface area contributed by atoms with Gasteiger partial charge in [0.2, 0.25) is 5.91 Å². The van der Waals surface area contributed by atoms with Crippen LogP contribution in [-0.2, 0) is 4.79 Å². The van der Waals surface area contributed by atoms with Crippen molar-refractivity contribution in [2.75, 3.05) is 13.1 Å². The van der Waals surface area contributed by atoms with Crippen molar-refractivity contribution in [3.05, 3.63) is 0 Å². The van der Waals surface area contributed by atoms with Crippen LogP contribution in [0.5, 0.6) is 0 Å². The summed E-state index contributed by atoms with van der Waals surface area (Å²) in [7, 11) is 0. The maximum absolute atomic E-state index is 11.2. The fourth-order valence-corrected chi connectivity index (χ4v) is 1.34. The van der Waals surface area contributed by atoms with Crippen LogP contribution in [0, 0.1) is 0 Å². The number of rotatable bonds is 2. The lowest BCUT2D eigenvalue weighted by atomic mass is 10.3. The molecule has 0 aromatic carbocycles. The zero-order valence-electron chi connectivity index (χ0n) is 7.01. The highest BCUT2D eigenvalue weighted by atomic mass is 35.5. The predicted octanol–water partition coefficient (Wildman–Crippen LogP) is 1.83. The van der Waals surface area contributed by atoms with Crippen LogP contribution in [-0.4, -0.2) is 23.9 Å². The molecule has 0 N–H and O–H groups in total. The Kier molecular flexibility index (Phi) is 5.30. The lowest BCUT2D eigenvalue weighted by Gasteiger charge is -2.13. The monoisotopic (exact) mass is 177 g/mol. The minimum absolute atomic E-state index is 0. The molecule has 3 heteroatoms. The lowest BCUT2D eigenvalue weighted by molar-refractivity contribution is -0.130. The van der Waals surface area contributed by atoms with Crippen molar-refractivity contribution in [1.82, 2.24) is 4.90 Å². The van der Waals surface area contributed by atoms with Crippen LogP contribution >= 0.6 is 12.4 Å². The Hall–Kier alpha value is -0.240. The van der Waals surface area contributed by atoms with Gasteiger partial charge in [-0.25, -0.2) is 0 Å². The summed E-state index contributed by atoms with van der Waals surface area (Å²) >= 11 is 0. The van der Waals surface area contributed by atoms with Gasteiger partial charge in [-0.2, -0.15) is 0 Å². The van der Waals surface area contributed by atoms with E-state index in [1.807, 2.05) is 11.8 Å². The maximum atomic E-state index is 11.2. The third-order valence-corrected chi connectivity index (χ3v) is 1.92. The molecule has 0 aromatic rings.